The van der Waals surface area contributed by atoms with Crippen molar-refractivity contribution in [2.75, 3.05) is 26.0 Å². The highest BCUT2D eigenvalue weighted by molar-refractivity contribution is 5.66. The molecule has 1 aromatic rings. The van der Waals surface area contributed by atoms with Gasteiger partial charge in [0.15, 0.2) is 0 Å². The third-order valence-electron chi connectivity index (χ3n) is 1.47. The van der Waals surface area contributed by atoms with E-state index in [4.69, 9.17) is 4.42 Å². The van der Waals surface area contributed by atoms with E-state index in [0.717, 1.165) is 0 Å². The van der Waals surface area contributed by atoms with Gasteiger partial charge in [0.25, 0.3) is 0 Å². The van der Waals surface area contributed by atoms with Crippen molar-refractivity contribution >= 4 is 12.1 Å². The van der Waals surface area contributed by atoms with Crippen LogP contribution in [-0.2, 0) is 11.2 Å². The maximum atomic E-state index is 10.7. The molecule has 7 heteroatoms. The van der Waals surface area contributed by atoms with Gasteiger partial charge in [0.05, 0.1) is 7.11 Å². The van der Waals surface area contributed by atoms with E-state index in [1.165, 1.54) is 13.5 Å². The summed E-state index contributed by atoms with van der Waals surface area (Å²) in [6.45, 7) is 4.65. The van der Waals surface area contributed by atoms with Gasteiger partial charge in [-0.15, -0.1) is 5.10 Å². The minimum atomic E-state index is -0.474. The number of carbonyl (C=O) groups is 1. The molecule has 0 fully saturated rings. The average Bonchev–Trinajstić information content (AvgIpc) is 2.78. The van der Waals surface area contributed by atoms with Crippen molar-refractivity contribution in [3.05, 3.63) is 5.89 Å². The fourth-order valence-electron chi connectivity index (χ4n) is 0.799. The number of alkyl carbamates (subject to hydrolysis) is 1. The van der Waals surface area contributed by atoms with E-state index in [9.17, 15) is 4.79 Å². The molecule has 2 N–H and O–H groups in total. The van der Waals surface area contributed by atoms with Crippen molar-refractivity contribution in [3.63, 3.8) is 0 Å². The molecule has 1 heterocycles. The third-order valence-corrected chi connectivity index (χ3v) is 1.47. The summed E-state index contributed by atoms with van der Waals surface area (Å²) in [6.07, 6.45) is 1.25. The predicted octanol–water partition coefficient (Wildman–Crippen LogP) is 1.43. The molecule has 0 saturated carbocycles. The van der Waals surface area contributed by atoms with Gasteiger partial charge in [0, 0.05) is 20.0 Å². The molecule has 0 aliphatic carbocycles. The minimum absolute atomic E-state index is 0.359. The number of nitrogens with one attached hydrogen (secondary N) is 2. The zero-order valence-corrected chi connectivity index (χ0v) is 10.7. The normalized spacial score (nSPS) is 8.94. The number of amides is 1. The average molecular weight is 244 g/mol. The first kappa shape index (κ1) is 15.2. The summed E-state index contributed by atoms with van der Waals surface area (Å²) in [5.74, 6) is 0.464. The van der Waals surface area contributed by atoms with Crippen molar-refractivity contribution in [2.45, 2.75) is 26.7 Å². The Morgan fingerprint density at radius 3 is 2.53 bits per heavy atom. The van der Waals surface area contributed by atoms with E-state index in [2.05, 4.69) is 39.4 Å². The lowest BCUT2D eigenvalue weighted by molar-refractivity contribution is 0.171. The van der Waals surface area contributed by atoms with Gasteiger partial charge in [-0.05, 0) is 0 Å². The number of methoxy groups -OCH3 is 1. The van der Waals surface area contributed by atoms with Gasteiger partial charge in [0.1, 0.15) is 0 Å². The summed E-state index contributed by atoms with van der Waals surface area (Å²) >= 11 is 0. The molecule has 0 bridgehead atoms. The molecular weight excluding hydrogens is 224 g/mol. The smallest absolute Gasteiger partial charge is 0.406 e. The first-order valence-electron chi connectivity index (χ1n) is 5.49. The Morgan fingerprint density at radius 2 is 2.06 bits per heavy atom. The highest BCUT2D eigenvalue weighted by Gasteiger charge is 2.04. The number of ether oxygens (including phenoxy) is 1. The standard InChI is InChI=1S/C7H12N4O3.C3H8/c1-8-6-11-10-5(14-6)3-4-9-7(12)13-2;1-3-2/h3-4H2,1-2H3,(H,8,11)(H,9,12);3H2,1-2H3. The van der Waals surface area contributed by atoms with Gasteiger partial charge in [-0.2, -0.15) is 0 Å². The van der Waals surface area contributed by atoms with E-state index in [-0.39, 0.29) is 0 Å². The van der Waals surface area contributed by atoms with Crippen LogP contribution < -0.4 is 10.6 Å². The second kappa shape index (κ2) is 9.44. The van der Waals surface area contributed by atoms with Crippen LogP contribution in [0.5, 0.6) is 0 Å². The molecule has 1 amide bonds. The van der Waals surface area contributed by atoms with Crippen LogP contribution in [0.3, 0.4) is 0 Å². The van der Waals surface area contributed by atoms with E-state index < -0.39 is 6.09 Å². The van der Waals surface area contributed by atoms with Crippen LogP contribution in [0, 0.1) is 0 Å². The van der Waals surface area contributed by atoms with Crippen LogP contribution in [0.4, 0.5) is 10.8 Å². The predicted molar refractivity (Wildman–Crippen MR) is 63.9 cm³/mol. The van der Waals surface area contributed by atoms with E-state index >= 15 is 0 Å². The second-order valence-electron chi connectivity index (χ2n) is 3.13. The summed E-state index contributed by atoms with van der Waals surface area (Å²) in [4.78, 5) is 10.7. The number of anilines is 1. The summed E-state index contributed by atoms with van der Waals surface area (Å²) in [5, 5.41) is 12.6. The van der Waals surface area contributed by atoms with Gasteiger partial charge in [-0.1, -0.05) is 25.4 Å². The number of aromatic nitrogens is 2. The molecule has 0 aromatic carbocycles. The van der Waals surface area contributed by atoms with Gasteiger partial charge < -0.3 is 19.8 Å². The molecule has 0 atom stereocenters. The summed E-state index contributed by atoms with van der Waals surface area (Å²) < 4.78 is 9.51. The monoisotopic (exact) mass is 244 g/mol. The number of nitrogens with zero attached hydrogens (tertiary/aromatic N) is 2. The molecule has 0 spiro atoms. The molecule has 0 saturated heterocycles. The first-order chi connectivity index (χ1) is 8.17. The van der Waals surface area contributed by atoms with Crippen LogP contribution in [-0.4, -0.2) is 37.0 Å². The number of hydrogen-bond donors (Lipinski definition) is 2. The molecule has 0 unspecified atom stereocenters. The fourth-order valence-corrected chi connectivity index (χ4v) is 0.799. The van der Waals surface area contributed by atoms with Crippen LogP contribution in [0.2, 0.25) is 0 Å². The molecule has 0 radical (unpaired) electrons. The molecule has 1 rings (SSSR count). The summed E-state index contributed by atoms with van der Waals surface area (Å²) in [5.41, 5.74) is 0. The number of hydrogen-bond acceptors (Lipinski definition) is 6. The van der Waals surface area contributed by atoms with Crippen molar-refractivity contribution < 1.29 is 13.9 Å². The van der Waals surface area contributed by atoms with Crippen LogP contribution in [0.15, 0.2) is 4.42 Å². The maximum absolute atomic E-state index is 10.7. The molecule has 17 heavy (non-hydrogen) atoms. The molecule has 1 aromatic heterocycles. The zero-order valence-electron chi connectivity index (χ0n) is 10.7. The van der Waals surface area contributed by atoms with Gasteiger partial charge >= 0.3 is 12.1 Å². The van der Waals surface area contributed by atoms with Crippen molar-refractivity contribution in [2.24, 2.45) is 0 Å². The van der Waals surface area contributed by atoms with Gasteiger partial charge in [-0.3, -0.25) is 0 Å². The van der Waals surface area contributed by atoms with Crippen LogP contribution in [0.25, 0.3) is 0 Å². The Kier molecular flexibility index (Phi) is 8.44. The highest BCUT2D eigenvalue weighted by atomic mass is 16.5. The Bertz CT molecular complexity index is 314. The topological polar surface area (TPSA) is 89.3 Å². The van der Waals surface area contributed by atoms with Crippen LogP contribution >= 0.6 is 0 Å². The number of rotatable bonds is 4. The van der Waals surface area contributed by atoms with Crippen LogP contribution in [0.1, 0.15) is 26.2 Å². The third kappa shape index (κ3) is 7.15. The molecular formula is C10H20N4O3. The van der Waals surface area contributed by atoms with Crippen molar-refractivity contribution in [1.29, 1.82) is 0 Å². The largest absolute Gasteiger partial charge is 0.453 e. The SMILES string of the molecule is CCC.CNc1nnc(CCNC(=O)OC)o1. The van der Waals surface area contributed by atoms with Crippen molar-refractivity contribution in [1.82, 2.24) is 15.5 Å². The Hall–Kier alpha value is -1.79. The minimum Gasteiger partial charge on any atom is -0.453 e. The lowest BCUT2D eigenvalue weighted by Gasteiger charge is -1.99. The lowest BCUT2D eigenvalue weighted by atomic mass is 10.4. The highest BCUT2D eigenvalue weighted by Crippen LogP contribution is 2.03. The lowest BCUT2D eigenvalue weighted by Crippen LogP contribution is -2.25. The van der Waals surface area contributed by atoms with E-state index in [0.29, 0.717) is 24.9 Å². The summed E-state index contributed by atoms with van der Waals surface area (Å²) in [6, 6.07) is 0.359. The van der Waals surface area contributed by atoms with Gasteiger partial charge in [0.2, 0.25) is 5.89 Å². The van der Waals surface area contributed by atoms with Gasteiger partial charge in [-0.25, -0.2) is 4.79 Å². The molecule has 98 valence electrons. The molecule has 7 nitrogen and oxygen atoms in total. The number of carbonyl (C=O) groups excluding carboxylic acids is 1. The van der Waals surface area contributed by atoms with Crippen molar-refractivity contribution in [3.8, 4) is 0 Å². The summed E-state index contributed by atoms with van der Waals surface area (Å²) in [7, 11) is 2.99. The zero-order chi connectivity index (χ0) is 13.1. The Balaban J connectivity index is 0.000000770. The quantitative estimate of drug-likeness (QED) is 0.832. The fraction of sp³-hybridized carbons (Fsp3) is 0.700. The molecule has 0 aliphatic heterocycles. The van der Waals surface area contributed by atoms with E-state index in [1.807, 2.05) is 0 Å². The Labute approximate surface area is 101 Å². The Morgan fingerprint density at radius 1 is 1.41 bits per heavy atom. The first-order valence-corrected chi connectivity index (χ1v) is 5.49. The molecule has 0 aliphatic rings. The van der Waals surface area contributed by atoms with E-state index in [1.54, 1.807) is 7.05 Å². The maximum Gasteiger partial charge on any atom is 0.406 e. The second-order valence-corrected chi connectivity index (χ2v) is 3.13.